The maximum Gasteiger partial charge on any atom is 0.0578 e. The van der Waals surface area contributed by atoms with Gasteiger partial charge in [-0.2, -0.15) is 0 Å². The number of hydrogen-bond acceptors (Lipinski definition) is 2. The second-order valence-corrected chi connectivity index (χ2v) is 5.51. The summed E-state index contributed by atoms with van der Waals surface area (Å²) in [7, 11) is 0. The summed E-state index contributed by atoms with van der Waals surface area (Å²) in [5, 5.41) is 7.22. The molecule has 0 amide bonds. The molecule has 17 heavy (non-hydrogen) atoms. The predicted molar refractivity (Wildman–Crippen MR) is 73.5 cm³/mol. The maximum atomic E-state index is 3.68. The summed E-state index contributed by atoms with van der Waals surface area (Å²) in [5.41, 5.74) is 2.53. The molecule has 1 aliphatic carbocycles. The third-order valence-corrected chi connectivity index (χ3v) is 4.17. The van der Waals surface area contributed by atoms with Crippen LogP contribution in [0.4, 0.5) is 11.4 Å². The summed E-state index contributed by atoms with van der Waals surface area (Å²) in [5.74, 6) is 0.952. The fraction of sp³-hybridized carbons (Fsp3) is 0.600. The highest BCUT2D eigenvalue weighted by Crippen LogP contribution is 2.31. The Balaban J connectivity index is 1.60. The van der Waals surface area contributed by atoms with Crippen LogP contribution in [0.1, 0.15) is 38.5 Å². The molecule has 1 fully saturated rings. The van der Waals surface area contributed by atoms with Crippen molar-refractivity contribution >= 4 is 11.4 Å². The number of para-hydroxylation sites is 2. The molecule has 92 valence electrons. The average molecular weight is 230 g/mol. The van der Waals surface area contributed by atoms with Gasteiger partial charge in [0.05, 0.1) is 11.4 Å². The molecule has 1 heterocycles. The normalized spacial score (nSPS) is 24.6. The van der Waals surface area contributed by atoms with Gasteiger partial charge in [0.25, 0.3) is 0 Å². The van der Waals surface area contributed by atoms with Crippen molar-refractivity contribution in [2.24, 2.45) is 5.92 Å². The lowest BCUT2D eigenvalue weighted by molar-refractivity contribution is 0.325. The van der Waals surface area contributed by atoms with Crippen molar-refractivity contribution in [2.75, 3.05) is 17.2 Å². The third-order valence-electron chi connectivity index (χ3n) is 4.17. The molecule has 1 aromatic carbocycles. The number of fused-ring (bicyclic) bond motifs is 1. The second-order valence-electron chi connectivity index (χ2n) is 5.51. The minimum Gasteiger partial charge on any atom is -0.381 e. The highest BCUT2D eigenvalue weighted by molar-refractivity contribution is 5.70. The largest absolute Gasteiger partial charge is 0.381 e. The van der Waals surface area contributed by atoms with Crippen molar-refractivity contribution in [2.45, 2.75) is 44.6 Å². The highest BCUT2D eigenvalue weighted by atomic mass is 15.1. The molecule has 3 rings (SSSR count). The third kappa shape index (κ3) is 2.56. The summed E-state index contributed by atoms with van der Waals surface area (Å²) in [4.78, 5) is 0. The fourth-order valence-electron chi connectivity index (χ4n) is 3.23. The van der Waals surface area contributed by atoms with Crippen LogP contribution in [0.25, 0.3) is 0 Å². The quantitative estimate of drug-likeness (QED) is 0.806. The molecule has 2 aliphatic rings. The first-order valence-corrected chi connectivity index (χ1v) is 7.01. The summed E-state index contributed by atoms with van der Waals surface area (Å²) >= 11 is 0. The average Bonchev–Trinajstić information content (AvgIpc) is 2.40. The highest BCUT2D eigenvalue weighted by Gasteiger charge is 2.21. The lowest BCUT2D eigenvalue weighted by Gasteiger charge is -2.32. The summed E-state index contributed by atoms with van der Waals surface area (Å²) in [6, 6.07) is 9.15. The van der Waals surface area contributed by atoms with E-state index < -0.39 is 0 Å². The van der Waals surface area contributed by atoms with E-state index in [1.165, 1.54) is 49.9 Å². The van der Waals surface area contributed by atoms with Crippen molar-refractivity contribution < 1.29 is 0 Å². The first-order chi connectivity index (χ1) is 8.42. The number of hydrogen-bond donors (Lipinski definition) is 2. The molecular formula is C15H22N2. The van der Waals surface area contributed by atoms with Gasteiger partial charge in [-0.15, -0.1) is 0 Å². The van der Waals surface area contributed by atoms with Gasteiger partial charge < -0.3 is 10.6 Å². The van der Waals surface area contributed by atoms with Gasteiger partial charge in [0, 0.05) is 12.6 Å². The van der Waals surface area contributed by atoms with Gasteiger partial charge in [0.2, 0.25) is 0 Å². The Kier molecular flexibility index (Phi) is 3.21. The zero-order chi connectivity index (χ0) is 11.5. The monoisotopic (exact) mass is 230 g/mol. The zero-order valence-electron chi connectivity index (χ0n) is 10.4. The first kappa shape index (κ1) is 10.9. The molecule has 2 N–H and O–H groups in total. The molecule has 0 bridgehead atoms. The molecule has 0 aromatic heterocycles. The van der Waals surface area contributed by atoms with E-state index in [1.54, 1.807) is 0 Å². The van der Waals surface area contributed by atoms with E-state index in [-0.39, 0.29) is 0 Å². The van der Waals surface area contributed by atoms with E-state index in [0.29, 0.717) is 6.04 Å². The number of rotatable bonds is 2. The molecule has 0 radical (unpaired) electrons. The van der Waals surface area contributed by atoms with Gasteiger partial charge in [0.1, 0.15) is 0 Å². The number of anilines is 2. The molecule has 1 saturated carbocycles. The van der Waals surface area contributed by atoms with E-state index in [4.69, 9.17) is 0 Å². The molecule has 1 atom stereocenters. The van der Waals surface area contributed by atoms with Gasteiger partial charge in [-0.25, -0.2) is 0 Å². The Bertz CT molecular complexity index is 369. The number of benzene rings is 1. The minimum atomic E-state index is 0.619. The van der Waals surface area contributed by atoms with Crippen molar-refractivity contribution in [1.82, 2.24) is 0 Å². The Hall–Kier alpha value is -1.18. The van der Waals surface area contributed by atoms with Crippen molar-refractivity contribution in [3.63, 3.8) is 0 Å². The lowest BCUT2D eigenvalue weighted by atomic mass is 9.84. The summed E-state index contributed by atoms with van der Waals surface area (Å²) < 4.78 is 0. The zero-order valence-corrected chi connectivity index (χ0v) is 10.4. The van der Waals surface area contributed by atoms with E-state index in [1.807, 2.05) is 0 Å². The Labute approximate surface area is 104 Å². The fourth-order valence-corrected chi connectivity index (χ4v) is 3.23. The Morgan fingerprint density at radius 3 is 2.59 bits per heavy atom. The molecule has 1 aromatic rings. The molecule has 2 heteroatoms. The maximum absolute atomic E-state index is 3.68. The molecule has 1 aliphatic heterocycles. The van der Waals surface area contributed by atoms with Crippen LogP contribution >= 0.6 is 0 Å². The first-order valence-electron chi connectivity index (χ1n) is 7.01. The van der Waals surface area contributed by atoms with Gasteiger partial charge in [-0.05, 0) is 24.5 Å². The predicted octanol–water partition coefficient (Wildman–Crippen LogP) is 3.86. The van der Waals surface area contributed by atoms with Crippen LogP contribution in [0.3, 0.4) is 0 Å². The number of nitrogens with one attached hydrogen (secondary N) is 2. The van der Waals surface area contributed by atoms with Gasteiger partial charge in [-0.3, -0.25) is 0 Å². The topological polar surface area (TPSA) is 24.1 Å². The van der Waals surface area contributed by atoms with Crippen LogP contribution in [0.15, 0.2) is 24.3 Å². The van der Waals surface area contributed by atoms with Crippen molar-refractivity contribution in [1.29, 1.82) is 0 Å². The van der Waals surface area contributed by atoms with E-state index in [0.717, 1.165) is 12.5 Å². The smallest absolute Gasteiger partial charge is 0.0578 e. The second kappa shape index (κ2) is 4.99. The summed E-state index contributed by atoms with van der Waals surface area (Å²) in [6.45, 7) is 1.08. The molecule has 1 unspecified atom stereocenters. The Morgan fingerprint density at radius 2 is 1.76 bits per heavy atom. The lowest BCUT2D eigenvalue weighted by Crippen LogP contribution is -2.35. The standard InChI is InChI=1S/C15H22N2/c1-2-6-12(7-3-1)10-13-11-16-14-8-4-5-9-15(14)17-13/h4-5,8-9,12-13,16-17H,1-3,6-7,10-11H2. The van der Waals surface area contributed by atoms with Gasteiger partial charge in [0.15, 0.2) is 0 Å². The molecular weight excluding hydrogens is 208 g/mol. The van der Waals surface area contributed by atoms with Gasteiger partial charge >= 0.3 is 0 Å². The van der Waals surface area contributed by atoms with Crippen LogP contribution in [0, 0.1) is 5.92 Å². The van der Waals surface area contributed by atoms with Crippen LogP contribution in [-0.2, 0) is 0 Å². The van der Waals surface area contributed by atoms with Crippen LogP contribution in [0.2, 0.25) is 0 Å². The van der Waals surface area contributed by atoms with E-state index in [9.17, 15) is 0 Å². The van der Waals surface area contributed by atoms with Crippen LogP contribution in [0.5, 0.6) is 0 Å². The van der Waals surface area contributed by atoms with Crippen molar-refractivity contribution in [3.05, 3.63) is 24.3 Å². The molecule has 2 nitrogen and oxygen atoms in total. The van der Waals surface area contributed by atoms with E-state index >= 15 is 0 Å². The van der Waals surface area contributed by atoms with Gasteiger partial charge in [-0.1, -0.05) is 44.2 Å². The Morgan fingerprint density at radius 1 is 1.00 bits per heavy atom. The van der Waals surface area contributed by atoms with Crippen LogP contribution in [-0.4, -0.2) is 12.6 Å². The van der Waals surface area contributed by atoms with Crippen LogP contribution < -0.4 is 10.6 Å². The molecule has 0 spiro atoms. The molecule has 0 saturated heterocycles. The summed E-state index contributed by atoms with van der Waals surface area (Å²) in [6.07, 6.45) is 8.57. The minimum absolute atomic E-state index is 0.619. The SMILES string of the molecule is c1ccc2c(c1)NCC(CC1CCCCC1)N2. The van der Waals surface area contributed by atoms with E-state index in [2.05, 4.69) is 34.9 Å². The van der Waals surface area contributed by atoms with Crippen molar-refractivity contribution in [3.8, 4) is 0 Å².